The summed E-state index contributed by atoms with van der Waals surface area (Å²) >= 11 is 0. The highest BCUT2D eigenvalue weighted by Gasteiger charge is 2.04. The molecule has 0 aliphatic carbocycles. The Morgan fingerprint density at radius 3 is 2.44 bits per heavy atom. The maximum absolute atomic E-state index is 10.8. The quantitative estimate of drug-likeness (QED) is 0.740. The van der Waals surface area contributed by atoms with Gasteiger partial charge in [-0.2, -0.15) is 0 Å². The summed E-state index contributed by atoms with van der Waals surface area (Å²) in [7, 11) is 0. The van der Waals surface area contributed by atoms with Gasteiger partial charge in [-0.15, -0.1) is 0 Å². The van der Waals surface area contributed by atoms with Crippen molar-refractivity contribution in [3.8, 4) is 5.75 Å². The predicted molar refractivity (Wildman–Crippen MR) is 95.1 cm³/mol. The third-order valence-corrected chi connectivity index (χ3v) is 3.48. The molecular weight excluding hydrogens is 316 g/mol. The molecule has 0 atom stereocenters. The number of hydrogen-bond acceptors (Lipinski definition) is 4. The highest BCUT2D eigenvalue weighted by atomic mass is 16.5. The summed E-state index contributed by atoms with van der Waals surface area (Å²) in [5.74, 6) is -0.333. The number of rotatable bonds is 6. The van der Waals surface area contributed by atoms with Crippen LogP contribution in [0.15, 0.2) is 67.0 Å². The minimum Gasteiger partial charge on any atom is -0.488 e. The van der Waals surface area contributed by atoms with Crippen LogP contribution in [0.5, 0.6) is 5.75 Å². The fraction of sp³-hybridized carbons (Fsp3) is 0.0500. The highest BCUT2D eigenvalue weighted by Crippen LogP contribution is 2.21. The second kappa shape index (κ2) is 7.88. The standard InChI is InChI=1S/C20H16N2O3/c23-20(24)18-13-21-17(12-22-18)11-10-16-8-4-5-9-19(16)25-14-15-6-2-1-3-7-15/h1-13H,14H2,(H,23,24)/b11-10+. The number of aromatic carboxylic acids is 1. The minimum atomic E-state index is -1.09. The van der Waals surface area contributed by atoms with Gasteiger partial charge in [0.2, 0.25) is 0 Å². The number of nitrogens with zero attached hydrogens (tertiary/aromatic N) is 2. The molecule has 124 valence electrons. The molecular formula is C20H16N2O3. The monoisotopic (exact) mass is 332 g/mol. The molecule has 0 saturated heterocycles. The van der Waals surface area contributed by atoms with Crippen LogP contribution in [-0.2, 0) is 6.61 Å². The molecule has 5 nitrogen and oxygen atoms in total. The molecule has 3 aromatic rings. The molecule has 0 bridgehead atoms. The molecule has 0 radical (unpaired) electrons. The Hall–Kier alpha value is -3.47. The normalized spacial score (nSPS) is 10.7. The number of para-hydroxylation sites is 1. The molecule has 0 fully saturated rings. The van der Waals surface area contributed by atoms with Gasteiger partial charge in [-0.1, -0.05) is 48.5 Å². The Kier molecular flexibility index (Phi) is 5.16. The second-order valence-electron chi connectivity index (χ2n) is 5.28. The molecule has 0 unspecified atom stereocenters. The second-order valence-corrected chi connectivity index (χ2v) is 5.28. The fourth-order valence-corrected chi connectivity index (χ4v) is 2.19. The van der Waals surface area contributed by atoms with E-state index in [1.807, 2.05) is 60.7 Å². The van der Waals surface area contributed by atoms with E-state index in [9.17, 15) is 4.79 Å². The van der Waals surface area contributed by atoms with Gasteiger partial charge in [0, 0.05) is 5.56 Å². The van der Waals surface area contributed by atoms with E-state index in [2.05, 4.69) is 9.97 Å². The molecule has 5 heteroatoms. The van der Waals surface area contributed by atoms with Crippen LogP contribution in [0, 0.1) is 0 Å². The van der Waals surface area contributed by atoms with Crippen LogP contribution in [0.25, 0.3) is 12.2 Å². The van der Waals surface area contributed by atoms with Crippen molar-refractivity contribution in [3.63, 3.8) is 0 Å². The fourth-order valence-electron chi connectivity index (χ4n) is 2.19. The van der Waals surface area contributed by atoms with Gasteiger partial charge >= 0.3 is 5.97 Å². The van der Waals surface area contributed by atoms with Gasteiger partial charge in [0.15, 0.2) is 5.69 Å². The van der Waals surface area contributed by atoms with E-state index < -0.39 is 5.97 Å². The van der Waals surface area contributed by atoms with Crippen LogP contribution in [0.3, 0.4) is 0 Å². The first kappa shape index (κ1) is 16.4. The Bertz CT molecular complexity index is 875. The molecule has 0 aliphatic rings. The van der Waals surface area contributed by atoms with E-state index in [0.29, 0.717) is 12.3 Å². The topological polar surface area (TPSA) is 72.3 Å². The number of carboxylic acid groups (broad SMARTS) is 1. The van der Waals surface area contributed by atoms with E-state index in [0.717, 1.165) is 16.9 Å². The third-order valence-electron chi connectivity index (χ3n) is 3.48. The lowest BCUT2D eigenvalue weighted by atomic mass is 10.1. The summed E-state index contributed by atoms with van der Waals surface area (Å²) in [5, 5.41) is 8.84. The summed E-state index contributed by atoms with van der Waals surface area (Å²) in [6.45, 7) is 0.485. The number of ether oxygens (including phenoxy) is 1. The molecule has 0 saturated carbocycles. The number of carbonyl (C=O) groups is 1. The molecule has 2 aromatic carbocycles. The summed E-state index contributed by atoms with van der Waals surface area (Å²) < 4.78 is 5.90. The maximum Gasteiger partial charge on any atom is 0.356 e. The molecule has 1 aromatic heterocycles. The van der Waals surface area contributed by atoms with Crippen LogP contribution in [-0.4, -0.2) is 21.0 Å². The number of hydrogen-bond donors (Lipinski definition) is 1. The summed E-state index contributed by atoms with van der Waals surface area (Å²) in [6, 6.07) is 17.6. The summed E-state index contributed by atoms with van der Waals surface area (Å²) in [5.41, 5.74) is 2.49. The van der Waals surface area contributed by atoms with Gasteiger partial charge in [0.1, 0.15) is 12.4 Å². The lowest BCUT2D eigenvalue weighted by molar-refractivity contribution is 0.0690. The van der Waals surface area contributed by atoms with Crippen LogP contribution >= 0.6 is 0 Å². The van der Waals surface area contributed by atoms with E-state index in [1.165, 1.54) is 12.4 Å². The zero-order valence-electron chi connectivity index (χ0n) is 13.4. The Balaban J connectivity index is 1.73. The summed E-state index contributed by atoms with van der Waals surface area (Å²) in [4.78, 5) is 18.7. The van der Waals surface area contributed by atoms with Crippen molar-refractivity contribution in [3.05, 3.63) is 89.5 Å². The number of benzene rings is 2. The predicted octanol–water partition coefficient (Wildman–Crippen LogP) is 3.92. The maximum atomic E-state index is 10.8. The van der Waals surface area contributed by atoms with Crippen LogP contribution in [0.2, 0.25) is 0 Å². The number of carboxylic acids is 1. The first-order valence-electron chi connectivity index (χ1n) is 7.71. The average Bonchev–Trinajstić information content (AvgIpc) is 2.66. The zero-order valence-corrected chi connectivity index (χ0v) is 13.4. The van der Waals surface area contributed by atoms with E-state index >= 15 is 0 Å². The average molecular weight is 332 g/mol. The molecule has 0 spiro atoms. The summed E-state index contributed by atoms with van der Waals surface area (Å²) in [6.07, 6.45) is 6.29. The molecule has 3 rings (SSSR count). The smallest absolute Gasteiger partial charge is 0.356 e. The van der Waals surface area contributed by atoms with Crippen molar-refractivity contribution in [2.24, 2.45) is 0 Å². The zero-order chi connectivity index (χ0) is 17.5. The van der Waals surface area contributed by atoms with Gasteiger partial charge in [-0.25, -0.2) is 9.78 Å². The first-order valence-corrected chi connectivity index (χ1v) is 7.71. The van der Waals surface area contributed by atoms with Gasteiger partial charge < -0.3 is 9.84 Å². The van der Waals surface area contributed by atoms with Gasteiger partial charge in [-0.05, 0) is 23.8 Å². The molecule has 1 N–H and O–H groups in total. The van der Waals surface area contributed by atoms with Crippen molar-refractivity contribution in [1.29, 1.82) is 0 Å². The van der Waals surface area contributed by atoms with Gasteiger partial charge in [-0.3, -0.25) is 4.98 Å². The van der Waals surface area contributed by atoms with Gasteiger partial charge in [0.05, 0.1) is 18.1 Å². The Labute approximate surface area is 145 Å². The Morgan fingerprint density at radius 2 is 1.72 bits per heavy atom. The lowest BCUT2D eigenvalue weighted by Gasteiger charge is -2.09. The largest absolute Gasteiger partial charge is 0.488 e. The van der Waals surface area contributed by atoms with Crippen molar-refractivity contribution >= 4 is 18.1 Å². The van der Waals surface area contributed by atoms with Gasteiger partial charge in [0.25, 0.3) is 0 Å². The molecule has 25 heavy (non-hydrogen) atoms. The van der Waals surface area contributed by atoms with Crippen molar-refractivity contribution in [2.45, 2.75) is 6.61 Å². The Morgan fingerprint density at radius 1 is 0.960 bits per heavy atom. The van der Waals surface area contributed by atoms with E-state index in [-0.39, 0.29) is 5.69 Å². The van der Waals surface area contributed by atoms with Crippen molar-refractivity contribution in [2.75, 3.05) is 0 Å². The molecule has 1 heterocycles. The first-order chi connectivity index (χ1) is 12.2. The lowest BCUT2D eigenvalue weighted by Crippen LogP contribution is -2.00. The number of aromatic nitrogens is 2. The minimum absolute atomic E-state index is 0.0799. The van der Waals surface area contributed by atoms with Crippen molar-refractivity contribution < 1.29 is 14.6 Å². The SMILES string of the molecule is O=C(O)c1cnc(/C=C/c2ccccc2OCc2ccccc2)cn1. The third kappa shape index (κ3) is 4.51. The highest BCUT2D eigenvalue weighted by molar-refractivity contribution is 5.85. The van der Waals surface area contributed by atoms with Crippen LogP contribution in [0.1, 0.15) is 27.3 Å². The van der Waals surface area contributed by atoms with Crippen molar-refractivity contribution in [1.82, 2.24) is 9.97 Å². The van der Waals surface area contributed by atoms with E-state index in [4.69, 9.17) is 9.84 Å². The van der Waals surface area contributed by atoms with Crippen LogP contribution in [0.4, 0.5) is 0 Å². The molecule has 0 aliphatic heterocycles. The molecule has 0 amide bonds. The van der Waals surface area contributed by atoms with E-state index in [1.54, 1.807) is 6.08 Å². The van der Waals surface area contributed by atoms with Crippen LogP contribution < -0.4 is 4.74 Å².